The second kappa shape index (κ2) is 9.25. The molecule has 0 aliphatic rings. The molecule has 1 aromatic rings. The fraction of sp³-hybridized carbons (Fsp3) is 0.462. The zero-order valence-electron chi connectivity index (χ0n) is 11.4. The highest BCUT2D eigenvalue weighted by Gasteiger charge is 2.04. The Morgan fingerprint density at radius 3 is 2.74 bits per heavy atom. The monoisotopic (exact) mass is 397 g/mol. The minimum absolute atomic E-state index is 0. The summed E-state index contributed by atoms with van der Waals surface area (Å²) >= 11 is 5.93. The lowest BCUT2D eigenvalue weighted by Crippen LogP contribution is -2.36. The maximum Gasteiger partial charge on any atom is 0.189 e. The normalized spacial score (nSPS) is 11.1. The largest absolute Gasteiger partial charge is 0.493 e. The Balaban J connectivity index is 0.00000324. The maximum absolute atomic E-state index is 5.93. The predicted molar refractivity (Wildman–Crippen MR) is 91.6 cm³/mol. The standard InChI is InChI=1S/C13H20ClN3O.HI/c1-4-18-12-7-11(14)6-5-10(12)8-16-13(15)17-9(2)3;/h5-7,9H,4,8H2,1-3H3,(H3,15,16,17);1H. The van der Waals surface area contributed by atoms with Gasteiger partial charge in [0.25, 0.3) is 0 Å². The summed E-state index contributed by atoms with van der Waals surface area (Å²) in [6.45, 7) is 7.02. The molecule has 0 radical (unpaired) electrons. The van der Waals surface area contributed by atoms with Crippen molar-refractivity contribution >= 4 is 41.5 Å². The molecule has 0 saturated carbocycles. The van der Waals surface area contributed by atoms with E-state index < -0.39 is 0 Å². The summed E-state index contributed by atoms with van der Waals surface area (Å²) in [7, 11) is 0. The molecule has 0 fully saturated rings. The molecule has 0 heterocycles. The van der Waals surface area contributed by atoms with E-state index in [0.717, 1.165) is 11.3 Å². The SMILES string of the molecule is CCOc1cc(Cl)ccc1CN=C(N)NC(C)C.I. The highest BCUT2D eigenvalue weighted by atomic mass is 127. The molecule has 6 heteroatoms. The van der Waals surface area contributed by atoms with Gasteiger partial charge in [-0.15, -0.1) is 24.0 Å². The number of halogens is 2. The van der Waals surface area contributed by atoms with Crippen LogP contribution in [0.5, 0.6) is 5.75 Å². The van der Waals surface area contributed by atoms with Crippen LogP contribution in [0.15, 0.2) is 23.2 Å². The number of rotatable bonds is 5. The van der Waals surface area contributed by atoms with Gasteiger partial charge in [0.15, 0.2) is 5.96 Å². The second-order valence-corrected chi connectivity index (χ2v) is 4.62. The van der Waals surface area contributed by atoms with Gasteiger partial charge in [-0.05, 0) is 32.9 Å². The van der Waals surface area contributed by atoms with Gasteiger partial charge in [0.2, 0.25) is 0 Å². The molecular formula is C13H21ClIN3O. The van der Waals surface area contributed by atoms with Crippen LogP contribution in [0.25, 0.3) is 0 Å². The summed E-state index contributed by atoms with van der Waals surface area (Å²) in [6.07, 6.45) is 0. The lowest BCUT2D eigenvalue weighted by Gasteiger charge is -2.11. The molecule has 1 aromatic carbocycles. The first-order valence-corrected chi connectivity index (χ1v) is 6.38. The molecule has 4 nitrogen and oxygen atoms in total. The number of aliphatic imine (C=N–C) groups is 1. The Kier molecular flexibility index (Phi) is 8.92. The highest BCUT2D eigenvalue weighted by molar-refractivity contribution is 14.0. The van der Waals surface area contributed by atoms with Crippen LogP contribution in [0.2, 0.25) is 5.02 Å². The topological polar surface area (TPSA) is 59.6 Å². The third-order valence-electron chi connectivity index (χ3n) is 2.19. The molecule has 0 bridgehead atoms. The van der Waals surface area contributed by atoms with Crippen LogP contribution in [-0.4, -0.2) is 18.6 Å². The summed E-state index contributed by atoms with van der Waals surface area (Å²) < 4.78 is 5.52. The third kappa shape index (κ3) is 6.87. The lowest BCUT2D eigenvalue weighted by atomic mass is 10.2. The van der Waals surface area contributed by atoms with Crippen LogP contribution in [0.3, 0.4) is 0 Å². The molecule has 108 valence electrons. The zero-order valence-corrected chi connectivity index (χ0v) is 14.5. The van der Waals surface area contributed by atoms with E-state index in [-0.39, 0.29) is 30.0 Å². The van der Waals surface area contributed by atoms with Crippen LogP contribution >= 0.6 is 35.6 Å². The molecule has 0 spiro atoms. The molecule has 3 N–H and O–H groups in total. The number of guanidine groups is 1. The van der Waals surface area contributed by atoms with Gasteiger partial charge >= 0.3 is 0 Å². The van der Waals surface area contributed by atoms with E-state index in [1.54, 1.807) is 6.07 Å². The number of nitrogens with two attached hydrogens (primary N) is 1. The van der Waals surface area contributed by atoms with E-state index in [4.69, 9.17) is 22.1 Å². The number of nitrogens with zero attached hydrogens (tertiary/aromatic N) is 1. The van der Waals surface area contributed by atoms with Crippen LogP contribution < -0.4 is 15.8 Å². The van der Waals surface area contributed by atoms with Crippen molar-refractivity contribution in [2.45, 2.75) is 33.4 Å². The molecule has 19 heavy (non-hydrogen) atoms. The number of ether oxygens (including phenoxy) is 1. The van der Waals surface area contributed by atoms with E-state index >= 15 is 0 Å². The van der Waals surface area contributed by atoms with Crippen LogP contribution in [-0.2, 0) is 6.54 Å². The van der Waals surface area contributed by atoms with Crippen molar-refractivity contribution in [2.75, 3.05) is 6.61 Å². The van der Waals surface area contributed by atoms with Crippen molar-refractivity contribution in [1.82, 2.24) is 5.32 Å². The summed E-state index contributed by atoms with van der Waals surface area (Å²) in [5.41, 5.74) is 6.72. The van der Waals surface area contributed by atoms with Crippen molar-refractivity contribution in [1.29, 1.82) is 0 Å². The molecule has 1 rings (SSSR count). The van der Waals surface area contributed by atoms with Crippen molar-refractivity contribution in [3.63, 3.8) is 0 Å². The Bertz CT molecular complexity index is 424. The first kappa shape index (κ1) is 18.3. The fourth-order valence-electron chi connectivity index (χ4n) is 1.46. The summed E-state index contributed by atoms with van der Waals surface area (Å²) in [5.74, 6) is 1.19. The van der Waals surface area contributed by atoms with E-state index in [2.05, 4.69) is 10.3 Å². The Morgan fingerprint density at radius 2 is 2.16 bits per heavy atom. The van der Waals surface area contributed by atoms with Crippen molar-refractivity contribution < 1.29 is 4.74 Å². The van der Waals surface area contributed by atoms with Crippen LogP contribution in [0, 0.1) is 0 Å². The van der Waals surface area contributed by atoms with E-state index in [0.29, 0.717) is 24.1 Å². The molecular weight excluding hydrogens is 377 g/mol. The smallest absolute Gasteiger partial charge is 0.189 e. The lowest BCUT2D eigenvalue weighted by molar-refractivity contribution is 0.336. The average molecular weight is 398 g/mol. The van der Waals surface area contributed by atoms with E-state index in [9.17, 15) is 0 Å². The summed E-state index contributed by atoms with van der Waals surface area (Å²) in [6, 6.07) is 5.79. The number of nitrogens with one attached hydrogen (secondary N) is 1. The first-order chi connectivity index (χ1) is 8.52. The van der Waals surface area contributed by atoms with Crippen LogP contribution in [0.1, 0.15) is 26.3 Å². The van der Waals surface area contributed by atoms with E-state index in [1.165, 1.54) is 0 Å². The Hall–Kier alpha value is -0.690. The first-order valence-electron chi connectivity index (χ1n) is 6.00. The quantitative estimate of drug-likeness (QED) is 0.456. The number of hydrogen-bond acceptors (Lipinski definition) is 2. The minimum atomic E-state index is 0. The Labute approximate surface area is 136 Å². The predicted octanol–water partition coefficient (Wildman–Crippen LogP) is 3.17. The molecule has 0 unspecified atom stereocenters. The van der Waals surface area contributed by atoms with Crippen molar-refractivity contribution in [2.24, 2.45) is 10.7 Å². The number of benzene rings is 1. The van der Waals surface area contributed by atoms with Gasteiger partial charge in [-0.25, -0.2) is 4.99 Å². The van der Waals surface area contributed by atoms with Gasteiger partial charge in [-0.1, -0.05) is 17.7 Å². The highest BCUT2D eigenvalue weighted by Crippen LogP contribution is 2.24. The molecule has 0 aromatic heterocycles. The minimum Gasteiger partial charge on any atom is -0.493 e. The summed E-state index contributed by atoms with van der Waals surface area (Å²) in [5, 5.41) is 3.69. The maximum atomic E-state index is 5.93. The molecule has 0 atom stereocenters. The van der Waals surface area contributed by atoms with Crippen molar-refractivity contribution in [3.8, 4) is 5.75 Å². The molecule has 0 aliphatic heterocycles. The third-order valence-corrected chi connectivity index (χ3v) is 2.42. The summed E-state index contributed by atoms with van der Waals surface area (Å²) in [4.78, 5) is 4.27. The fourth-order valence-corrected chi connectivity index (χ4v) is 1.62. The van der Waals surface area contributed by atoms with Gasteiger partial charge in [-0.3, -0.25) is 0 Å². The molecule has 0 amide bonds. The van der Waals surface area contributed by atoms with Gasteiger partial charge in [-0.2, -0.15) is 0 Å². The van der Waals surface area contributed by atoms with Gasteiger partial charge in [0.1, 0.15) is 5.75 Å². The van der Waals surface area contributed by atoms with E-state index in [1.807, 2.05) is 32.9 Å². The second-order valence-electron chi connectivity index (χ2n) is 4.19. The molecule has 0 aliphatic carbocycles. The number of hydrogen-bond donors (Lipinski definition) is 2. The van der Waals surface area contributed by atoms with Gasteiger partial charge in [0, 0.05) is 16.6 Å². The molecule has 0 saturated heterocycles. The van der Waals surface area contributed by atoms with Crippen LogP contribution in [0.4, 0.5) is 0 Å². The Morgan fingerprint density at radius 1 is 1.47 bits per heavy atom. The van der Waals surface area contributed by atoms with Crippen molar-refractivity contribution in [3.05, 3.63) is 28.8 Å². The van der Waals surface area contributed by atoms with Gasteiger partial charge < -0.3 is 15.8 Å². The average Bonchev–Trinajstić information content (AvgIpc) is 2.27. The van der Waals surface area contributed by atoms with Gasteiger partial charge in [0.05, 0.1) is 13.2 Å². The zero-order chi connectivity index (χ0) is 13.5.